The third-order valence-electron chi connectivity index (χ3n) is 4.16. The topological polar surface area (TPSA) is 104 Å². The maximum Gasteiger partial charge on any atom is 0.251 e. The summed E-state index contributed by atoms with van der Waals surface area (Å²) in [6.07, 6.45) is 1.70. The SMILES string of the molecule is CCCCNS(=O)(=O)c1cccc(NC(=O)CC(C)NC(=O)c2ccccc2)c1. The highest BCUT2D eigenvalue weighted by Crippen LogP contribution is 2.16. The van der Waals surface area contributed by atoms with Crippen molar-refractivity contribution < 1.29 is 18.0 Å². The molecule has 8 heteroatoms. The van der Waals surface area contributed by atoms with Crippen molar-refractivity contribution in [1.82, 2.24) is 10.0 Å². The van der Waals surface area contributed by atoms with Crippen molar-refractivity contribution in [2.45, 2.75) is 44.0 Å². The zero-order valence-electron chi connectivity index (χ0n) is 16.6. The summed E-state index contributed by atoms with van der Waals surface area (Å²) in [4.78, 5) is 24.5. The molecule has 0 aliphatic rings. The van der Waals surface area contributed by atoms with Crippen molar-refractivity contribution in [3.8, 4) is 0 Å². The van der Waals surface area contributed by atoms with Gasteiger partial charge in [0.15, 0.2) is 0 Å². The molecule has 2 aromatic rings. The Hall–Kier alpha value is -2.71. The van der Waals surface area contributed by atoms with Crippen molar-refractivity contribution in [3.05, 3.63) is 60.2 Å². The molecule has 3 N–H and O–H groups in total. The minimum absolute atomic E-state index is 0.0598. The first-order valence-electron chi connectivity index (χ1n) is 9.57. The number of anilines is 1. The van der Waals surface area contributed by atoms with E-state index < -0.39 is 10.0 Å². The predicted octanol–water partition coefficient (Wildman–Crippen LogP) is 2.91. The maximum absolute atomic E-state index is 12.3. The Labute approximate surface area is 172 Å². The van der Waals surface area contributed by atoms with Gasteiger partial charge in [-0.15, -0.1) is 0 Å². The summed E-state index contributed by atoms with van der Waals surface area (Å²) in [5.74, 6) is -0.573. The van der Waals surface area contributed by atoms with Crippen LogP contribution in [0, 0.1) is 0 Å². The molecule has 0 radical (unpaired) electrons. The van der Waals surface area contributed by atoms with E-state index in [9.17, 15) is 18.0 Å². The van der Waals surface area contributed by atoms with Crippen LogP contribution in [0.2, 0.25) is 0 Å². The number of carbonyl (C=O) groups excluding carboxylic acids is 2. The van der Waals surface area contributed by atoms with Crippen LogP contribution < -0.4 is 15.4 Å². The normalized spacial score (nSPS) is 12.2. The predicted molar refractivity (Wildman–Crippen MR) is 113 cm³/mol. The standard InChI is InChI=1S/C21H27N3O4S/c1-3-4-13-22-29(27,28)19-12-8-11-18(15-19)24-20(25)14-16(2)23-21(26)17-9-6-5-7-10-17/h5-12,15-16,22H,3-4,13-14H2,1-2H3,(H,23,26)(H,24,25). The fourth-order valence-electron chi connectivity index (χ4n) is 2.65. The molecule has 0 saturated heterocycles. The van der Waals surface area contributed by atoms with Crippen molar-refractivity contribution in [2.75, 3.05) is 11.9 Å². The summed E-state index contributed by atoms with van der Waals surface area (Å²) in [7, 11) is -3.62. The van der Waals surface area contributed by atoms with Crippen LogP contribution in [0.3, 0.4) is 0 Å². The second-order valence-corrected chi connectivity index (χ2v) is 8.54. The summed E-state index contributed by atoms with van der Waals surface area (Å²) < 4.78 is 27.2. The van der Waals surface area contributed by atoms with E-state index in [2.05, 4.69) is 15.4 Å². The van der Waals surface area contributed by atoms with Crippen LogP contribution in [0.5, 0.6) is 0 Å². The van der Waals surface area contributed by atoms with Gasteiger partial charge >= 0.3 is 0 Å². The Morgan fingerprint density at radius 1 is 1.03 bits per heavy atom. The van der Waals surface area contributed by atoms with Gasteiger partial charge in [-0.25, -0.2) is 13.1 Å². The number of hydrogen-bond acceptors (Lipinski definition) is 4. The lowest BCUT2D eigenvalue weighted by Gasteiger charge is -2.14. The Kier molecular flexibility index (Phi) is 8.35. The molecular weight excluding hydrogens is 390 g/mol. The lowest BCUT2D eigenvalue weighted by molar-refractivity contribution is -0.116. The molecule has 0 aliphatic heterocycles. The van der Waals surface area contributed by atoms with Gasteiger partial charge < -0.3 is 10.6 Å². The zero-order valence-corrected chi connectivity index (χ0v) is 17.5. The van der Waals surface area contributed by atoms with E-state index in [1.54, 1.807) is 43.3 Å². The Morgan fingerprint density at radius 3 is 2.45 bits per heavy atom. The molecule has 0 bridgehead atoms. The number of amides is 2. The van der Waals surface area contributed by atoms with Gasteiger partial charge in [0.2, 0.25) is 15.9 Å². The van der Waals surface area contributed by atoms with Gasteiger partial charge in [-0.05, 0) is 43.7 Å². The number of hydrogen-bond donors (Lipinski definition) is 3. The van der Waals surface area contributed by atoms with Crippen molar-refractivity contribution in [3.63, 3.8) is 0 Å². The average molecular weight is 418 g/mol. The molecule has 156 valence electrons. The highest BCUT2D eigenvalue weighted by atomic mass is 32.2. The van der Waals surface area contributed by atoms with E-state index in [0.29, 0.717) is 17.8 Å². The zero-order chi connectivity index (χ0) is 21.3. The Bertz CT molecular complexity index is 930. The molecule has 1 atom stereocenters. The molecule has 0 fully saturated rings. The third kappa shape index (κ3) is 7.32. The summed E-state index contributed by atoms with van der Waals surface area (Å²) in [6.45, 7) is 4.08. The molecule has 0 heterocycles. The van der Waals surface area contributed by atoms with Crippen LogP contribution in [0.4, 0.5) is 5.69 Å². The second kappa shape index (κ2) is 10.7. The Balaban J connectivity index is 1.92. The number of sulfonamides is 1. The van der Waals surface area contributed by atoms with Crippen LogP contribution >= 0.6 is 0 Å². The number of rotatable bonds is 10. The van der Waals surface area contributed by atoms with E-state index in [0.717, 1.165) is 12.8 Å². The number of nitrogens with one attached hydrogen (secondary N) is 3. The van der Waals surface area contributed by atoms with E-state index in [1.165, 1.54) is 12.1 Å². The minimum Gasteiger partial charge on any atom is -0.349 e. The van der Waals surface area contributed by atoms with Gasteiger partial charge in [-0.1, -0.05) is 37.6 Å². The second-order valence-electron chi connectivity index (χ2n) is 6.77. The smallest absolute Gasteiger partial charge is 0.251 e. The summed E-state index contributed by atoms with van der Waals surface area (Å²) in [5, 5.41) is 5.45. The largest absolute Gasteiger partial charge is 0.349 e. The maximum atomic E-state index is 12.3. The van der Waals surface area contributed by atoms with E-state index >= 15 is 0 Å². The summed E-state index contributed by atoms with van der Waals surface area (Å²) in [5.41, 5.74) is 0.906. The van der Waals surface area contributed by atoms with E-state index in [4.69, 9.17) is 0 Å². The first kappa shape index (κ1) is 22.6. The molecule has 0 saturated carbocycles. The molecule has 2 rings (SSSR count). The average Bonchev–Trinajstić information content (AvgIpc) is 2.68. The fourth-order valence-corrected chi connectivity index (χ4v) is 3.77. The highest BCUT2D eigenvalue weighted by Gasteiger charge is 2.16. The number of carbonyl (C=O) groups is 2. The van der Waals surface area contributed by atoms with Crippen molar-refractivity contribution in [1.29, 1.82) is 0 Å². The monoisotopic (exact) mass is 417 g/mol. The molecule has 29 heavy (non-hydrogen) atoms. The third-order valence-corrected chi connectivity index (χ3v) is 5.61. The van der Waals surface area contributed by atoms with Gasteiger partial charge in [0.05, 0.1) is 4.90 Å². The Morgan fingerprint density at radius 2 is 1.76 bits per heavy atom. The minimum atomic E-state index is -3.62. The van der Waals surface area contributed by atoms with Gasteiger partial charge in [-0.3, -0.25) is 9.59 Å². The van der Waals surface area contributed by atoms with Gasteiger partial charge in [0.1, 0.15) is 0 Å². The van der Waals surface area contributed by atoms with Crippen LogP contribution in [-0.2, 0) is 14.8 Å². The van der Waals surface area contributed by atoms with E-state index in [1.807, 2.05) is 13.0 Å². The molecule has 2 amide bonds. The molecule has 2 aromatic carbocycles. The van der Waals surface area contributed by atoms with Gasteiger partial charge in [-0.2, -0.15) is 0 Å². The highest BCUT2D eigenvalue weighted by molar-refractivity contribution is 7.89. The molecule has 0 spiro atoms. The molecule has 1 unspecified atom stereocenters. The molecule has 0 aliphatic carbocycles. The first-order chi connectivity index (χ1) is 13.8. The lowest BCUT2D eigenvalue weighted by Crippen LogP contribution is -2.35. The first-order valence-corrected chi connectivity index (χ1v) is 11.1. The quantitative estimate of drug-likeness (QED) is 0.517. The van der Waals surface area contributed by atoms with Crippen LogP contribution in [0.25, 0.3) is 0 Å². The van der Waals surface area contributed by atoms with Gasteiger partial charge in [0.25, 0.3) is 5.91 Å². The molecule has 7 nitrogen and oxygen atoms in total. The summed E-state index contributed by atoms with van der Waals surface area (Å²) >= 11 is 0. The van der Waals surface area contributed by atoms with Crippen LogP contribution in [0.15, 0.2) is 59.5 Å². The van der Waals surface area contributed by atoms with E-state index in [-0.39, 0.29) is 29.2 Å². The van der Waals surface area contributed by atoms with Crippen molar-refractivity contribution in [2.24, 2.45) is 0 Å². The van der Waals surface area contributed by atoms with Crippen LogP contribution in [-0.4, -0.2) is 32.8 Å². The van der Waals surface area contributed by atoms with Gasteiger partial charge in [0, 0.05) is 30.3 Å². The number of unbranched alkanes of at least 4 members (excludes halogenated alkanes) is 1. The number of benzene rings is 2. The summed E-state index contributed by atoms with van der Waals surface area (Å²) in [6, 6.07) is 14.5. The fraction of sp³-hybridized carbons (Fsp3) is 0.333. The lowest BCUT2D eigenvalue weighted by atomic mass is 10.1. The van der Waals surface area contributed by atoms with Crippen LogP contribution in [0.1, 0.15) is 43.5 Å². The van der Waals surface area contributed by atoms with Crippen molar-refractivity contribution >= 4 is 27.5 Å². The molecule has 0 aromatic heterocycles. The molecular formula is C21H27N3O4S.